The van der Waals surface area contributed by atoms with Crippen molar-refractivity contribution in [1.82, 2.24) is 10.1 Å². The Morgan fingerprint density at radius 2 is 1.10 bits per heavy atom. The molecular weight excluding hydrogens is 1110 g/mol. The molecule has 18 heteroatoms. The molecule has 6 unspecified atom stereocenters. The van der Waals surface area contributed by atoms with Crippen LogP contribution in [0.3, 0.4) is 0 Å². The van der Waals surface area contributed by atoms with Crippen molar-refractivity contribution in [2.24, 2.45) is 21.5 Å². The lowest BCUT2D eigenvalue weighted by Crippen LogP contribution is -2.42. The molecule has 6 aromatic rings. The third-order valence-electron chi connectivity index (χ3n) is 16.7. The highest BCUT2D eigenvalue weighted by Gasteiger charge is 2.54. The van der Waals surface area contributed by atoms with Gasteiger partial charge in [0.05, 0.1) is 35.5 Å². The molecule has 1 saturated heterocycles. The summed E-state index contributed by atoms with van der Waals surface area (Å²) in [6, 6.07) is 39.9. The van der Waals surface area contributed by atoms with Gasteiger partial charge in [-0.2, -0.15) is 0 Å². The van der Waals surface area contributed by atoms with Crippen LogP contribution in [0, 0.1) is 13.1 Å². The topological polar surface area (TPSA) is 147 Å². The molecule has 4 N–H and O–H groups in total. The second kappa shape index (κ2) is 21.7. The van der Waals surface area contributed by atoms with Gasteiger partial charge in [-0.1, -0.05) is 99.8 Å². The Balaban J connectivity index is 0.000000134. The fourth-order valence-corrected chi connectivity index (χ4v) is 12.9. The molecule has 6 aromatic carbocycles. The molecule has 410 valence electrons. The number of halogens is 3. The van der Waals surface area contributed by atoms with Crippen LogP contribution in [0.5, 0.6) is 11.5 Å². The van der Waals surface area contributed by atoms with Gasteiger partial charge in [-0.25, -0.2) is 39.5 Å². The van der Waals surface area contributed by atoms with Crippen molar-refractivity contribution in [2.75, 3.05) is 14.1 Å². The lowest BCUT2D eigenvalue weighted by Gasteiger charge is -2.41. The Kier molecular flexibility index (Phi) is 15.0. The third-order valence-corrected chi connectivity index (χ3v) is 17.7. The van der Waals surface area contributed by atoms with Crippen LogP contribution in [0.2, 0.25) is 10.0 Å². The van der Waals surface area contributed by atoms with Crippen LogP contribution in [0.25, 0.3) is 20.8 Å². The first-order valence-electron chi connectivity index (χ1n) is 27.0. The number of guanidine groups is 2. The summed E-state index contributed by atoms with van der Waals surface area (Å²) in [5.41, 5.74) is 20.6. The first-order chi connectivity index (χ1) is 38.3. The van der Waals surface area contributed by atoms with Crippen molar-refractivity contribution in [3.63, 3.8) is 0 Å². The van der Waals surface area contributed by atoms with Crippen molar-refractivity contribution in [2.45, 2.75) is 126 Å². The summed E-state index contributed by atoms with van der Waals surface area (Å²) < 4.78 is 26.0. The van der Waals surface area contributed by atoms with Crippen molar-refractivity contribution >= 4 is 75.0 Å². The van der Waals surface area contributed by atoms with Crippen LogP contribution in [0.15, 0.2) is 136 Å². The highest BCUT2D eigenvalue weighted by atomic mass is 79.9. The Bertz CT molecular complexity index is 3540. The summed E-state index contributed by atoms with van der Waals surface area (Å²) in [6.45, 7) is 22.4. The highest BCUT2D eigenvalue weighted by Crippen LogP contribution is 2.53. The summed E-state index contributed by atoms with van der Waals surface area (Å²) in [5, 5.41) is 4.13. The maximum atomic E-state index is 7.39. The summed E-state index contributed by atoms with van der Waals surface area (Å²) >= 11 is 15.8. The number of hydroxylamine groups is 4. The normalized spacial score (nSPS) is 25.4. The number of aliphatic imine (C=N–C) groups is 2. The van der Waals surface area contributed by atoms with E-state index in [1.54, 1.807) is 43.4 Å². The molecule has 2 spiro atoms. The number of ether oxygens (including phenoxy) is 2. The Morgan fingerprint density at radius 1 is 0.613 bits per heavy atom. The van der Waals surface area contributed by atoms with E-state index in [0.29, 0.717) is 52.1 Å². The molecule has 6 atom stereocenters. The summed E-state index contributed by atoms with van der Waals surface area (Å²) in [5.74, 6) is 2.88. The zero-order valence-corrected chi connectivity index (χ0v) is 48.6. The number of rotatable bonds is 4. The fourth-order valence-electron chi connectivity index (χ4n) is 12.1. The molecule has 14 nitrogen and oxygen atoms in total. The molecular formula is C62H62BBrCl2N8O6. The number of hydrogen-bond acceptors (Lipinski definition) is 12. The predicted molar refractivity (Wildman–Crippen MR) is 317 cm³/mol. The number of aryl methyl sites for hydroxylation is 2. The Hall–Kier alpha value is -6.60. The van der Waals surface area contributed by atoms with Crippen molar-refractivity contribution in [3.8, 4) is 22.6 Å². The number of fused-ring (bicyclic) bond motifs is 6. The van der Waals surface area contributed by atoms with Gasteiger partial charge < -0.3 is 30.2 Å². The lowest BCUT2D eigenvalue weighted by atomic mass is 9.76. The lowest BCUT2D eigenvalue weighted by molar-refractivity contribution is -0.192. The Morgan fingerprint density at radius 3 is 1.61 bits per heavy atom. The van der Waals surface area contributed by atoms with E-state index in [2.05, 4.69) is 74.2 Å². The van der Waals surface area contributed by atoms with Gasteiger partial charge in [0.2, 0.25) is 23.4 Å². The predicted octanol–water partition coefficient (Wildman–Crippen LogP) is 13.4. The van der Waals surface area contributed by atoms with Crippen molar-refractivity contribution < 1.29 is 28.5 Å². The van der Waals surface area contributed by atoms with E-state index in [1.165, 1.54) is 33.7 Å². The maximum absolute atomic E-state index is 7.39. The van der Waals surface area contributed by atoms with E-state index in [9.17, 15) is 0 Å². The van der Waals surface area contributed by atoms with Gasteiger partial charge in [0, 0.05) is 53.3 Å². The SMILES string of the molecule is CN1OC2(CC(C3CCCc4ccccc43)Oc3ccc(Br)cc32)N=C1N.[C-]#[N+]c1cc(Cl)cc(-c2ccc3c(c2)C2(CC(C4CCCc5ccccc54)O3)N=C(N)N(C)O2)c1.[C-]#[N+]c1cc(Cl)cc(B2OC(C)(C)C(C)(C)O2)c1. The van der Waals surface area contributed by atoms with Gasteiger partial charge in [0.1, 0.15) is 23.7 Å². The van der Waals surface area contributed by atoms with Crippen LogP contribution < -0.4 is 26.4 Å². The van der Waals surface area contributed by atoms with E-state index < -0.39 is 29.8 Å². The molecule has 1 fully saturated rings. The standard InChI is InChI=1S/C28H25ClN4O2.C21H22BrN3O2.C13H15BClNO2/c1-31-21-13-19(12-20(29)15-21)18-10-11-25-24(14-18)28(32-27(30)33(2)35-28)16-26(34-25)23-9-5-7-17-6-3-4-8-22(17)23;1-25-20(23)24-21(27-25)12-19(26-18-10-9-14(22)11-17(18)21)16-8-4-6-13-5-2-3-7-15(13)16;1-12(2)13(3,4)18-14(17-12)9-6-10(15)8-11(7-9)16-5/h3-4,6,8,10-15,23,26H,5,7,9,16H2,2H3,(H2,30,32);2-3,5,7,9-11,16,19H,4,6,8,12H2,1H3,(H2,23,24);6-8H,1-4H3. The molecule has 13 rings (SSSR count). The molecule has 0 radical (unpaired) electrons. The minimum atomic E-state index is -0.972. The molecule has 0 saturated carbocycles. The van der Waals surface area contributed by atoms with Crippen molar-refractivity contribution in [1.29, 1.82) is 0 Å². The summed E-state index contributed by atoms with van der Waals surface area (Å²) in [7, 11) is 3.09. The van der Waals surface area contributed by atoms with Crippen LogP contribution in [0.1, 0.15) is 111 Å². The summed E-state index contributed by atoms with van der Waals surface area (Å²) in [4.78, 5) is 29.1. The van der Waals surface area contributed by atoms with Gasteiger partial charge in [0.25, 0.3) is 0 Å². The third kappa shape index (κ3) is 10.6. The van der Waals surface area contributed by atoms with Crippen LogP contribution in [-0.2, 0) is 43.3 Å². The average molecular weight is 1180 g/mol. The second-order valence-electron chi connectivity index (χ2n) is 22.4. The van der Waals surface area contributed by atoms with Gasteiger partial charge in [-0.05, 0) is 166 Å². The zero-order chi connectivity index (χ0) is 56.3. The average Bonchev–Trinajstić information content (AvgIpc) is 4.02. The van der Waals surface area contributed by atoms with E-state index in [-0.39, 0.29) is 18.1 Å². The quantitative estimate of drug-likeness (QED) is 0.129. The first-order valence-corrected chi connectivity index (χ1v) is 28.5. The minimum Gasteiger partial charge on any atom is -0.489 e. The number of nitrogens with two attached hydrogens (primary N) is 2. The molecule has 0 bridgehead atoms. The largest absolute Gasteiger partial charge is 0.493 e. The molecule has 0 aromatic heterocycles. The van der Waals surface area contributed by atoms with E-state index in [4.69, 9.17) is 86.3 Å². The molecule has 2 aliphatic carbocycles. The minimum absolute atomic E-state index is 0.0109. The fraction of sp³-hybridized carbons (Fsp3) is 0.355. The second-order valence-corrected chi connectivity index (χ2v) is 24.2. The first kappa shape index (κ1) is 55.3. The molecule has 7 aliphatic rings. The molecule has 5 aliphatic heterocycles. The van der Waals surface area contributed by atoms with Crippen LogP contribution >= 0.6 is 39.1 Å². The van der Waals surface area contributed by atoms with Gasteiger partial charge in [0.15, 0.2) is 11.4 Å². The maximum Gasteiger partial charge on any atom is 0.493 e. The number of benzene rings is 6. The number of hydrogen-bond donors (Lipinski definition) is 2. The van der Waals surface area contributed by atoms with Gasteiger partial charge >= 0.3 is 7.12 Å². The van der Waals surface area contributed by atoms with Crippen LogP contribution in [-0.4, -0.2) is 66.7 Å². The van der Waals surface area contributed by atoms with E-state index >= 15 is 0 Å². The Labute approximate surface area is 486 Å². The van der Waals surface area contributed by atoms with E-state index in [0.717, 1.165) is 75.8 Å². The number of nitrogens with zero attached hydrogens (tertiary/aromatic N) is 6. The van der Waals surface area contributed by atoms with Crippen molar-refractivity contribution in [3.05, 3.63) is 192 Å². The smallest absolute Gasteiger partial charge is 0.489 e. The highest BCUT2D eigenvalue weighted by molar-refractivity contribution is 9.10. The molecule has 0 amide bonds. The van der Waals surface area contributed by atoms with E-state index in [1.807, 2.05) is 76.2 Å². The zero-order valence-electron chi connectivity index (χ0n) is 45.5. The summed E-state index contributed by atoms with van der Waals surface area (Å²) in [6.07, 6.45) is 7.79. The monoisotopic (exact) mass is 1170 g/mol. The van der Waals surface area contributed by atoms with Gasteiger partial charge in [-0.3, -0.25) is 0 Å². The van der Waals surface area contributed by atoms with Crippen LogP contribution in [0.4, 0.5) is 11.4 Å². The van der Waals surface area contributed by atoms with Gasteiger partial charge in [-0.15, -0.1) is 0 Å². The molecule has 5 heterocycles. The molecule has 80 heavy (non-hydrogen) atoms.